The van der Waals surface area contributed by atoms with E-state index in [9.17, 15) is 23.2 Å². The lowest BCUT2D eigenvalue weighted by molar-refractivity contribution is -0.155. The second-order valence-electron chi connectivity index (χ2n) is 5.33. The molecule has 0 bridgehead atoms. The summed E-state index contributed by atoms with van der Waals surface area (Å²) in [6.07, 6.45) is -4.16. The van der Waals surface area contributed by atoms with Crippen molar-refractivity contribution in [3.8, 4) is 17.3 Å². The molecule has 0 aliphatic carbocycles. The van der Waals surface area contributed by atoms with Crippen LogP contribution in [0.15, 0.2) is 28.7 Å². The van der Waals surface area contributed by atoms with Gasteiger partial charge in [0.2, 0.25) is 0 Å². The maximum absolute atomic E-state index is 13.6. The van der Waals surface area contributed by atoms with Crippen molar-refractivity contribution >= 4 is 33.5 Å². The number of nitriles is 1. The second kappa shape index (κ2) is 8.14. The highest BCUT2D eigenvalue weighted by molar-refractivity contribution is 9.10. The maximum Gasteiger partial charge on any atom is 0.432 e. The number of rotatable bonds is 5. The van der Waals surface area contributed by atoms with E-state index in [1.54, 1.807) is 13.0 Å². The van der Waals surface area contributed by atoms with Gasteiger partial charge in [-0.2, -0.15) is 18.4 Å². The van der Waals surface area contributed by atoms with Crippen LogP contribution in [0, 0.1) is 11.3 Å². The minimum absolute atomic E-state index is 0.00679. The molecule has 0 saturated carbocycles. The number of hydrogen-bond donors (Lipinski definition) is 0. The van der Waals surface area contributed by atoms with Crippen LogP contribution in [-0.4, -0.2) is 10.5 Å². The number of benzene rings is 1. The number of hydrogen-bond acceptors (Lipinski definition) is 3. The molecule has 0 atom stereocenters. The van der Waals surface area contributed by atoms with Gasteiger partial charge < -0.3 is 9.30 Å². The van der Waals surface area contributed by atoms with Gasteiger partial charge in [0, 0.05) is 11.4 Å². The Morgan fingerprint density at radius 3 is 2.46 bits per heavy atom. The molecule has 2 rings (SSSR count). The van der Waals surface area contributed by atoms with E-state index >= 15 is 0 Å². The Labute approximate surface area is 161 Å². The lowest BCUT2D eigenvalue weighted by Gasteiger charge is -2.16. The molecule has 2 aromatic rings. The zero-order chi connectivity index (χ0) is 19.5. The van der Waals surface area contributed by atoms with Crippen LogP contribution in [0.25, 0.3) is 11.3 Å². The van der Waals surface area contributed by atoms with Crippen molar-refractivity contribution in [3.05, 3.63) is 45.0 Å². The fourth-order valence-electron chi connectivity index (χ4n) is 2.42. The summed E-state index contributed by atoms with van der Waals surface area (Å²) in [5.41, 5.74) is -0.962. The number of aromatic nitrogens is 1. The van der Waals surface area contributed by atoms with Gasteiger partial charge in [0.05, 0.1) is 15.7 Å². The van der Waals surface area contributed by atoms with E-state index in [4.69, 9.17) is 16.3 Å². The van der Waals surface area contributed by atoms with Gasteiger partial charge in [0.25, 0.3) is 0 Å². The third kappa shape index (κ3) is 4.22. The van der Waals surface area contributed by atoms with Gasteiger partial charge in [-0.3, -0.25) is 4.79 Å². The van der Waals surface area contributed by atoms with Gasteiger partial charge in [-0.15, -0.1) is 0 Å². The molecule has 1 heterocycles. The topological polar surface area (TPSA) is 55.0 Å². The maximum atomic E-state index is 13.6. The smallest absolute Gasteiger partial charge is 0.432 e. The van der Waals surface area contributed by atoms with Crippen molar-refractivity contribution in [1.29, 1.82) is 5.26 Å². The fraction of sp³-hybridized carbons (Fsp3) is 0.294. The molecular formula is C17H13BrClF3N2O2. The summed E-state index contributed by atoms with van der Waals surface area (Å²) >= 11 is 8.70. The average molecular weight is 450 g/mol. The molecule has 1 aromatic carbocycles. The largest absolute Gasteiger partial charge is 0.444 e. The first-order valence-corrected chi connectivity index (χ1v) is 8.68. The molecule has 0 N–H and O–H groups in total. The first kappa shape index (κ1) is 20.3. The van der Waals surface area contributed by atoms with Gasteiger partial charge in [-0.05, 0) is 40.0 Å². The summed E-state index contributed by atoms with van der Waals surface area (Å²) < 4.78 is 46.1. The normalized spacial score (nSPS) is 11.3. The molecule has 1 aromatic heterocycles. The number of alkyl halides is 3. The minimum Gasteiger partial charge on any atom is -0.444 e. The minimum atomic E-state index is -4.76. The molecule has 26 heavy (non-hydrogen) atoms. The molecule has 4 nitrogen and oxygen atoms in total. The summed E-state index contributed by atoms with van der Waals surface area (Å²) in [7, 11) is 0. The summed E-state index contributed by atoms with van der Waals surface area (Å²) in [5.74, 6) is -0.619. The lowest BCUT2D eigenvalue weighted by atomic mass is 10.1. The Morgan fingerprint density at radius 1 is 1.35 bits per heavy atom. The molecule has 0 fully saturated rings. The Hall–Kier alpha value is -1.98. The highest BCUT2D eigenvalue weighted by Gasteiger charge is 2.41. The van der Waals surface area contributed by atoms with Crippen molar-refractivity contribution < 1.29 is 22.7 Å². The number of esters is 1. The highest BCUT2D eigenvalue weighted by atomic mass is 79.9. The summed E-state index contributed by atoms with van der Waals surface area (Å²) in [5, 5.41) is 9.78. The molecule has 0 amide bonds. The summed E-state index contributed by atoms with van der Waals surface area (Å²) in [6.45, 7) is 1.09. The van der Waals surface area contributed by atoms with E-state index in [1.807, 2.05) is 0 Å². The zero-order valence-electron chi connectivity index (χ0n) is 13.5. The standard InChI is InChI=1S/C17H13BrClF3N2O2/c1-2-3-13(25)26-9-24-15(10-4-6-11(19)7-5-10)12(8-23)14(18)16(24)17(20,21)22/h4-7H,2-3,9H2,1H3. The zero-order valence-corrected chi connectivity index (χ0v) is 15.9. The van der Waals surface area contributed by atoms with E-state index in [2.05, 4.69) is 15.9 Å². The van der Waals surface area contributed by atoms with Crippen LogP contribution in [0.2, 0.25) is 5.02 Å². The quantitative estimate of drug-likeness (QED) is 0.545. The Balaban J connectivity index is 2.66. The monoisotopic (exact) mass is 448 g/mol. The van der Waals surface area contributed by atoms with Crippen molar-refractivity contribution in [2.24, 2.45) is 0 Å². The van der Waals surface area contributed by atoms with Crippen LogP contribution in [0.1, 0.15) is 31.0 Å². The van der Waals surface area contributed by atoms with E-state index < -0.39 is 29.0 Å². The Morgan fingerprint density at radius 2 is 1.96 bits per heavy atom. The van der Waals surface area contributed by atoms with Crippen LogP contribution in [0.5, 0.6) is 0 Å². The number of carbonyl (C=O) groups excluding carboxylic acids is 1. The molecule has 138 valence electrons. The van der Waals surface area contributed by atoms with Crippen LogP contribution in [0.4, 0.5) is 13.2 Å². The van der Waals surface area contributed by atoms with Crippen LogP contribution in [0.3, 0.4) is 0 Å². The van der Waals surface area contributed by atoms with E-state index in [-0.39, 0.29) is 17.7 Å². The van der Waals surface area contributed by atoms with Gasteiger partial charge in [0.15, 0.2) is 6.73 Å². The molecule has 0 aliphatic heterocycles. The number of halogens is 5. The summed E-state index contributed by atoms with van der Waals surface area (Å²) in [6, 6.07) is 7.77. The predicted molar refractivity (Wildman–Crippen MR) is 93.3 cm³/mol. The van der Waals surface area contributed by atoms with E-state index in [0.29, 0.717) is 17.0 Å². The molecule has 0 saturated heterocycles. The predicted octanol–water partition coefficient (Wildman–Crippen LogP) is 5.76. The Kier molecular flexibility index (Phi) is 6.37. The number of ether oxygens (including phenoxy) is 1. The number of carbonyl (C=O) groups is 1. The molecule has 0 spiro atoms. The summed E-state index contributed by atoms with van der Waals surface area (Å²) in [4.78, 5) is 11.6. The Bertz CT molecular complexity index is 855. The fourth-order valence-corrected chi connectivity index (χ4v) is 3.26. The first-order chi connectivity index (χ1) is 12.2. The van der Waals surface area contributed by atoms with Crippen molar-refractivity contribution in [2.45, 2.75) is 32.7 Å². The van der Waals surface area contributed by atoms with E-state index in [0.717, 1.165) is 4.57 Å². The number of nitrogens with zero attached hydrogens (tertiary/aromatic N) is 2. The molecular weight excluding hydrogens is 437 g/mol. The van der Waals surface area contributed by atoms with Crippen molar-refractivity contribution in [1.82, 2.24) is 4.57 Å². The van der Waals surface area contributed by atoms with Crippen molar-refractivity contribution in [2.75, 3.05) is 0 Å². The van der Waals surface area contributed by atoms with Gasteiger partial charge >= 0.3 is 12.1 Å². The average Bonchev–Trinajstić information content (AvgIpc) is 2.85. The van der Waals surface area contributed by atoms with Gasteiger partial charge in [-0.25, -0.2) is 0 Å². The second-order valence-corrected chi connectivity index (χ2v) is 6.56. The van der Waals surface area contributed by atoms with Crippen LogP contribution >= 0.6 is 27.5 Å². The first-order valence-electron chi connectivity index (χ1n) is 7.51. The molecule has 9 heteroatoms. The van der Waals surface area contributed by atoms with Crippen LogP contribution < -0.4 is 0 Å². The van der Waals surface area contributed by atoms with E-state index in [1.165, 1.54) is 24.3 Å². The third-order valence-corrected chi connectivity index (χ3v) is 4.53. The molecule has 0 unspecified atom stereocenters. The van der Waals surface area contributed by atoms with Crippen LogP contribution in [-0.2, 0) is 22.4 Å². The SMILES string of the molecule is CCCC(=O)OCn1c(-c2ccc(Cl)cc2)c(C#N)c(Br)c1C(F)(F)F. The highest BCUT2D eigenvalue weighted by Crippen LogP contribution is 2.43. The van der Waals surface area contributed by atoms with Gasteiger partial charge in [0.1, 0.15) is 11.8 Å². The third-order valence-electron chi connectivity index (χ3n) is 3.51. The van der Waals surface area contributed by atoms with Crippen molar-refractivity contribution in [3.63, 3.8) is 0 Å². The molecule has 0 aliphatic rings. The lowest BCUT2D eigenvalue weighted by Crippen LogP contribution is -2.18. The van der Waals surface area contributed by atoms with Gasteiger partial charge in [-0.1, -0.05) is 30.7 Å². The molecule has 0 radical (unpaired) electrons.